The molecule has 2 bridgehead atoms. The van der Waals surface area contributed by atoms with Crippen molar-refractivity contribution in [3.63, 3.8) is 0 Å². The molecule has 0 aliphatic heterocycles. The molecule has 0 saturated heterocycles. The third kappa shape index (κ3) is 1.29. The fraction of sp³-hybridized carbons (Fsp3) is 0.900. The maximum absolute atomic E-state index is 11.8. The number of Topliss-reactive ketones (excluding diaryl/α,β-unsaturated/α-hetero) is 1. The Morgan fingerprint density at radius 2 is 1.93 bits per heavy atom. The van der Waals surface area contributed by atoms with Gasteiger partial charge in [0.1, 0.15) is 5.25 Å². The molecule has 15 heavy (non-hydrogen) atoms. The van der Waals surface area contributed by atoms with E-state index in [-0.39, 0.29) is 29.0 Å². The Morgan fingerprint density at radius 3 is 2.33 bits per heavy atom. The van der Waals surface area contributed by atoms with Crippen molar-refractivity contribution in [2.24, 2.45) is 23.2 Å². The second kappa shape index (κ2) is 2.83. The van der Waals surface area contributed by atoms with Crippen LogP contribution < -0.4 is 0 Å². The Labute approximate surface area is 89.8 Å². The molecule has 0 aromatic carbocycles. The third-order valence-electron chi connectivity index (χ3n) is 4.57. The van der Waals surface area contributed by atoms with E-state index in [9.17, 15) is 13.2 Å². The molecule has 4 atom stereocenters. The first kappa shape index (κ1) is 11.1. The van der Waals surface area contributed by atoms with Gasteiger partial charge in [0.2, 0.25) is 0 Å². The molecule has 4 nitrogen and oxygen atoms in total. The second-order valence-electron chi connectivity index (χ2n) is 5.40. The molecule has 0 amide bonds. The van der Waals surface area contributed by atoms with Crippen molar-refractivity contribution >= 4 is 15.9 Å². The molecule has 2 fully saturated rings. The van der Waals surface area contributed by atoms with E-state index >= 15 is 0 Å². The SMILES string of the molecule is C[C@H]1[C@@H]2C[C@@H]([C@@H](S(=O)(=O)O)C2=O)C1(C)C. The minimum absolute atomic E-state index is 0.182. The van der Waals surface area contributed by atoms with E-state index < -0.39 is 15.4 Å². The molecule has 2 rings (SSSR count). The standard InChI is InChI=1S/C10H16O4S/c1-5-6-4-7(10(5,2)3)9(8(6)11)15(12,13)14/h5-7,9H,4H2,1-3H3,(H,12,13,14)/t5-,6-,7-,9+/m0/s1. The van der Waals surface area contributed by atoms with E-state index in [0.717, 1.165) is 0 Å². The second-order valence-corrected chi connectivity index (χ2v) is 6.93. The molecule has 0 aromatic rings. The van der Waals surface area contributed by atoms with Gasteiger partial charge < -0.3 is 0 Å². The van der Waals surface area contributed by atoms with E-state index in [1.54, 1.807) is 0 Å². The molecule has 0 unspecified atom stereocenters. The molecule has 0 radical (unpaired) electrons. The lowest BCUT2D eigenvalue weighted by molar-refractivity contribution is -0.125. The van der Waals surface area contributed by atoms with Gasteiger partial charge in [-0.25, -0.2) is 0 Å². The summed E-state index contributed by atoms with van der Waals surface area (Å²) < 4.78 is 31.4. The zero-order valence-electron chi connectivity index (χ0n) is 9.10. The van der Waals surface area contributed by atoms with Crippen LogP contribution in [-0.4, -0.2) is 24.0 Å². The van der Waals surface area contributed by atoms with Gasteiger partial charge in [-0.2, -0.15) is 8.42 Å². The van der Waals surface area contributed by atoms with Gasteiger partial charge >= 0.3 is 0 Å². The zero-order chi connectivity index (χ0) is 11.6. The summed E-state index contributed by atoms with van der Waals surface area (Å²) in [5.74, 6) is -0.487. The van der Waals surface area contributed by atoms with Gasteiger partial charge in [-0.15, -0.1) is 0 Å². The summed E-state index contributed by atoms with van der Waals surface area (Å²) in [4.78, 5) is 11.8. The highest BCUT2D eigenvalue weighted by molar-refractivity contribution is 7.87. The van der Waals surface area contributed by atoms with Crippen LogP contribution in [0.1, 0.15) is 27.2 Å². The molecule has 0 heterocycles. The van der Waals surface area contributed by atoms with Gasteiger partial charge in [-0.3, -0.25) is 9.35 Å². The predicted molar refractivity (Wildman–Crippen MR) is 54.9 cm³/mol. The van der Waals surface area contributed by atoms with Crippen LogP contribution in [0.25, 0.3) is 0 Å². The molecule has 2 aliphatic rings. The molecule has 5 heteroatoms. The molecular weight excluding hydrogens is 216 g/mol. The van der Waals surface area contributed by atoms with E-state index in [4.69, 9.17) is 4.55 Å². The summed E-state index contributed by atoms with van der Waals surface area (Å²) >= 11 is 0. The minimum atomic E-state index is -4.23. The number of fused-ring (bicyclic) bond motifs is 2. The normalized spacial score (nSPS) is 43.6. The monoisotopic (exact) mass is 232 g/mol. The van der Waals surface area contributed by atoms with Gasteiger partial charge in [-0.1, -0.05) is 20.8 Å². The average Bonchev–Trinajstić information content (AvgIpc) is 2.48. The average molecular weight is 232 g/mol. The fourth-order valence-electron chi connectivity index (χ4n) is 3.28. The summed E-state index contributed by atoms with van der Waals surface area (Å²) in [6.45, 7) is 5.95. The van der Waals surface area contributed by atoms with Gasteiger partial charge in [-0.05, 0) is 23.7 Å². The highest BCUT2D eigenvalue weighted by Gasteiger charge is 2.63. The Balaban J connectivity index is 2.46. The molecule has 86 valence electrons. The minimum Gasteiger partial charge on any atom is -0.298 e. The van der Waals surface area contributed by atoms with Crippen LogP contribution in [0, 0.1) is 23.2 Å². The fourth-order valence-corrected chi connectivity index (χ4v) is 4.62. The first-order chi connectivity index (χ1) is 6.67. The maximum atomic E-state index is 11.8. The van der Waals surface area contributed by atoms with E-state index in [1.165, 1.54) is 0 Å². The largest absolute Gasteiger partial charge is 0.298 e. The van der Waals surface area contributed by atoms with Crippen molar-refractivity contribution in [3.8, 4) is 0 Å². The van der Waals surface area contributed by atoms with E-state index in [2.05, 4.69) is 0 Å². The lowest BCUT2D eigenvalue weighted by atomic mass is 9.69. The Kier molecular flexibility index (Phi) is 2.09. The van der Waals surface area contributed by atoms with Crippen LogP contribution in [0.5, 0.6) is 0 Å². The zero-order valence-corrected chi connectivity index (χ0v) is 9.91. The molecule has 2 aliphatic carbocycles. The summed E-state index contributed by atoms with van der Waals surface area (Å²) in [5.41, 5.74) is -0.182. The quantitative estimate of drug-likeness (QED) is 0.688. The summed E-state index contributed by atoms with van der Waals surface area (Å²) in [5, 5.41) is -1.17. The number of carbonyl (C=O) groups is 1. The topological polar surface area (TPSA) is 71.4 Å². The van der Waals surface area contributed by atoms with Crippen LogP contribution in [0.2, 0.25) is 0 Å². The Hall–Kier alpha value is -0.420. The van der Waals surface area contributed by atoms with Crippen LogP contribution in [0.15, 0.2) is 0 Å². The van der Waals surface area contributed by atoms with Crippen LogP contribution in [0.4, 0.5) is 0 Å². The molecule has 0 spiro atoms. The van der Waals surface area contributed by atoms with Gasteiger partial charge in [0, 0.05) is 5.92 Å². The van der Waals surface area contributed by atoms with Crippen LogP contribution >= 0.6 is 0 Å². The summed E-state index contributed by atoms with van der Waals surface area (Å²) in [6, 6.07) is 0. The molecular formula is C10H16O4S. The number of ketones is 1. The number of hydrogen-bond donors (Lipinski definition) is 1. The Morgan fingerprint density at radius 1 is 1.40 bits per heavy atom. The first-order valence-corrected chi connectivity index (χ1v) is 6.67. The highest BCUT2D eigenvalue weighted by Crippen LogP contribution is 2.58. The third-order valence-corrected chi connectivity index (χ3v) is 5.78. The molecule has 1 N–H and O–H groups in total. The predicted octanol–water partition coefficient (Wildman–Crippen LogP) is 1.12. The van der Waals surface area contributed by atoms with Crippen molar-refractivity contribution in [1.82, 2.24) is 0 Å². The van der Waals surface area contributed by atoms with Crippen molar-refractivity contribution < 1.29 is 17.8 Å². The highest BCUT2D eigenvalue weighted by atomic mass is 32.2. The van der Waals surface area contributed by atoms with Crippen molar-refractivity contribution in [3.05, 3.63) is 0 Å². The lowest BCUT2D eigenvalue weighted by Crippen LogP contribution is -2.46. The van der Waals surface area contributed by atoms with Gasteiger partial charge in [0.05, 0.1) is 0 Å². The number of hydrogen-bond acceptors (Lipinski definition) is 3. The molecule has 0 aromatic heterocycles. The Bertz CT molecular complexity index is 409. The van der Waals surface area contributed by atoms with Crippen molar-refractivity contribution in [1.29, 1.82) is 0 Å². The summed E-state index contributed by atoms with van der Waals surface area (Å²) in [7, 11) is -4.23. The maximum Gasteiger partial charge on any atom is 0.275 e. The first-order valence-electron chi connectivity index (χ1n) is 5.17. The van der Waals surface area contributed by atoms with Crippen molar-refractivity contribution in [2.45, 2.75) is 32.4 Å². The van der Waals surface area contributed by atoms with E-state index in [1.807, 2.05) is 20.8 Å². The van der Waals surface area contributed by atoms with Crippen LogP contribution in [0.3, 0.4) is 0 Å². The van der Waals surface area contributed by atoms with Gasteiger partial charge in [0.15, 0.2) is 5.78 Å². The lowest BCUT2D eigenvalue weighted by Gasteiger charge is -2.38. The number of carbonyl (C=O) groups excluding carboxylic acids is 1. The summed E-state index contributed by atoms with van der Waals surface area (Å²) in [6.07, 6.45) is 0.609. The smallest absolute Gasteiger partial charge is 0.275 e. The van der Waals surface area contributed by atoms with E-state index in [0.29, 0.717) is 6.42 Å². The van der Waals surface area contributed by atoms with Crippen molar-refractivity contribution in [2.75, 3.05) is 0 Å². The number of rotatable bonds is 1. The van der Waals surface area contributed by atoms with Gasteiger partial charge in [0.25, 0.3) is 10.1 Å². The molecule has 2 saturated carbocycles. The van der Waals surface area contributed by atoms with Crippen LogP contribution in [-0.2, 0) is 14.9 Å².